The van der Waals surface area contributed by atoms with E-state index in [4.69, 9.17) is 0 Å². The number of hydrogen-bond acceptors (Lipinski definition) is 6. The first-order chi connectivity index (χ1) is 10.4. The lowest BCUT2D eigenvalue weighted by molar-refractivity contribution is -0.113. The van der Waals surface area contributed by atoms with Crippen LogP contribution in [-0.2, 0) is 14.8 Å². The zero-order valence-electron chi connectivity index (χ0n) is 11.3. The van der Waals surface area contributed by atoms with Crippen molar-refractivity contribution in [3.63, 3.8) is 0 Å². The van der Waals surface area contributed by atoms with Crippen LogP contribution < -0.4 is 5.32 Å². The Hall–Kier alpha value is -2.39. The lowest BCUT2D eigenvalue weighted by Gasteiger charge is -2.28. The average molecular weight is 337 g/mol. The summed E-state index contributed by atoms with van der Waals surface area (Å²) in [5.41, 5.74) is -0.237. The molecule has 1 aliphatic heterocycles. The molecule has 2 aromatic rings. The van der Waals surface area contributed by atoms with Gasteiger partial charge in [0.2, 0.25) is 0 Å². The Balaban J connectivity index is 2.12. The molecule has 9 heteroatoms. The van der Waals surface area contributed by atoms with E-state index in [1.165, 1.54) is 36.7 Å². The molecule has 0 saturated heterocycles. The van der Waals surface area contributed by atoms with Crippen LogP contribution in [-0.4, -0.2) is 35.8 Å². The van der Waals surface area contributed by atoms with Crippen molar-refractivity contribution in [3.05, 3.63) is 47.1 Å². The maximum atomic E-state index is 12.5. The second kappa shape index (κ2) is 5.11. The summed E-state index contributed by atoms with van der Waals surface area (Å²) in [4.78, 5) is 16.2. The van der Waals surface area contributed by atoms with Gasteiger partial charge in [0.05, 0.1) is 4.90 Å². The lowest BCUT2D eigenvalue weighted by atomic mass is 10.1. The topological polar surface area (TPSA) is 99.6 Å². The highest BCUT2D eigenvalue weighted by molar-refractivity contribution is 7.89. The minimum atomic E-state index is -3.89. The largest absolute Gasteiger partial charge is 0.505 e. The molecule has 7 nitrogen and oxygen atoms in total. The Morgan fingerprint density at radius 2 is 2.09 bits per heavy atom. The number of aliphatic hydroxyl groups excluding tert-OH is 1. The summed E-state index contributed by atoms with van der Waals surface area (Å²) >= 11 is 1.19. The molecule has 1 aliphatic rings. The smallest absolute Gasteiger partial charge is 0.278 e. The molecule has 0 fully saturated rings. The number of hydrogen-bond donors (Lipinski definition) is 2. The summed E-state index contributed by atoms with van der Waals surface area (Å²) in [5.74, 6) is -1.13. The second-order valence-corrected chi connectivity index (χ2v) is 7.29. The van der Waals surface area contributed by atoms with Crippen molar-refractivity contribution >= 4 is 38.2 Å². The van der Waals surface area contributed by atoms with E-state index in [1.807, 2.05) is 0 Å². The lowest BCUT2D eigenvalue weighted by Crippen LogP contribution is -2.37. The molecule has 3 rings (SSSR count). The predicted octanol–water partition coefficient (Wildman–Crippen LogP) is 1.64. The number of aliphatic hydroxyl groups is 1. The van der Waals surface area contributed by atoms with Gasteiger partial charge in [0.15, 0.2) is 16.6 Å². The number of amides is 1. The number of rotatable bonds is 2. The molecule has 0 radical (unpaired) electrons. The Morgan fingerprint density at radius 1 is 1.36 bits per heavy atom. The average Bonchev–Trinajstić information content (AvgIpc) is 2.99. The fraction of sp³-hybridized carbons (Fsp3) is 0.0769. The van der Waals surface area contributed by atoms with Crippen LogP contribution in [0.25, 0.3) is 5.76 Å². The van der Waals surface area contributed by atoms with Crippen molar-refractivity contribution in [1.82, 2.24) is 9.29 Å². The Bertz CT molecular complexity index is 872. The number of carbonyl (C=O) groups is 1. The van der Waals surface area contributed by atoms with Crippen molar-refractivity contribution in [1.29, 1.82) is 0 Å². The number of likely N-dealkylation sites (N-methyl/N-ethyl adjacent to an activating group) is 1. The van der Waals surface area contributed by atoms with Crippen LogP contribution in [0, 0.1) is 0 Å². The van der Waals surface area contributed by atoms with Gasteiger partial charge in [-0.1, -0.05) is 12.1 Å². The highest BCUT2D eigenvalue weighted by atomic mass is 32.2. The third kappa shape index (κ3) is 2.14. The van der Waals surface area contributed by atoms with Crippen LogP contribution >= 0.6 is 11.3 Å². The number of thiazole rings is 1. The van der Waals surface area contributed by atoms with Gasteiger partial charge < -0.3 is 5.11 Å². The van der Waals surface area contributed by atoms with Crippen molar-refractivity contribution in [3.8, 4) is 0 Å². The molecule has 0 aliphatic carbocycles. The monoisotopic (exact) mass is 337 g/mol. The van der Waals surface area contributed by atoms with Gasteiger partial charge >= 0.3 is 0 Å². The molecule has 2 heterocycles. The molecular formula is C13H11N3O4S2. The molecule has 0 bridgehead atoms. The summed E-state index contributed by atoms with van der Waals surface area (Å²) in [6.45, 7) is 0. The highest BCUT2D eigenvalue weighted by Gasteiger charge is 2.37. The van der Waals surface area contributed by atoms with Crippen LogP contribution in [0.15, 0.2) is 46.4 Å². The number of benzene rings is 1. The molecule has 0 saturated carbocycles. The first-order valence-corrected chi connectivity index (χ1v) is 8.47. The quantitative estimate of drug-likeness (QED) is 0.868. The zero-order valence-corrected chi connectivity index (χ0v) is 13.0. The molecule has 0 atom stereocenters. The maximum Gasteiger partial charge on any atom is 0.278 e. The standard InChI is InChI=1S/C13H11N3O4S2/c1-16-10(12(18)15-13-14-6-7-21-13)11(17)8-4-2-3-5-9(8)22(16,19)20/h2-7,17H,1H3,(H,14,15,18). The summed E-state index contributed by atoms with van der Waals surface area (Å²) in [5, 5.41) is 14.8. The fourth-order valence-electron chi connectivity index (χ4n) is 2.12. The molecule has 0 spiro atoms. The van der Waals surface area contributed by atoms with Gasteiger partial charge in [-0.05, 0) is 12.1 Å². The molecule has 1 aromatic carbocycles. The number of nitrogens with one attached hydrogen (secondary N) is 1. The van der Waals surface area contributed by atoms with Gasteiger partial charge in [0.1, 0.15) is 0 Å². The third-order valence-corrected chi connectivity index (χ3v) is 5.69. The number of nitrogens with zero attached hydrogens (tertiary/aromatic N) is 2. The number of carbonyl (C=O) groups excluding carboxylic acids is 1. The number of aromatic nitrogens is 1. The Morgan fingerprint density at radius 3 is 2.77 bits per heavy atom. The van der Waals surface area contributed by atoms with Gasteiger partial charge in [-0.15, -0.1) is 11.3 Å². The molecule has 1 aromatic heterocycles. The summed E-state index contributed by atoms with van der Waals surface area (Å²) < 4.78 is 25.7. The number of fused-ring (bicyclic) bond motifs is 1. The summed E-state index contributed by atoms with van der Waals surface area (Å²) in [6, 6.07) is 5.98. The first-order valence-electron chi connectivity index (χ1n) is 6.15. The van der Waals surface area contributed by atoms with E-state index in [0.717, 1.165) is 4.31 Å². The van der Waals surface area contributed by atoms with Crippen LogP contribution in [0.2, 0.25) is 0 Å². The summed E-state index contributed by atoms with van der Waals surface area (Å²) in [6.07, 6.45) is 1.51. The van der Waals surface area contributed by atoms with E-state index in [0.29, 0.717) is 5.13 Å². The number of sulfonamides is 1. The van der Waals surface area contributed by atoms with E-state index < -0.39 is 15.9 Å². The van der Waals surface area contributed by atoms with Crippen molar-refractivity contribution < 1.29 is 18.3 Å². The Kier molecular flexibility index (Phi) is 3.38. The van der Waals surface area contributed by atoms with E-state index in [9.17, 15) is 18.3 Å². The van der Waals surface area contributed by atoms with Crippen molar-refractivity contribution in [2.45, 2.75) is 4.90 Å². The van der Waals surface area contributed by atoms with Crippen LogP contribution in [0.5, 0.6) is 0 Å². The normalized spacial score (nSPS) is 16.3. The highest BCUT2D eigenvalue weighted by Crippen LogP contribution is 2.34. The van der Waals surface area contributed by atoms with Gasteiger partial charge in [-0.25, -0.2) is 13.4 Å². The molecule has 0 unspecified atom stereocenters. The minimum absolute atomic E-state index is 0.0409. The van der Waals surface area contributed by atoms with Crippen LogP contribution in [0.3, 0.4) is 0 Å². The number of anilines is 1. The van der Waals surface area contributed by atoms with E-state index >= 15 is 0 Å². The molecule has 114 valence electrons. The SMILES string of the molecule is CN1C(C(=O)Nc2nccs2)=C(O)c2ccccc2S1(=O)=O. The van der Waals surface area contributed by atoms with Crippen LogP contribution in [0.4, 0.5) is 5.13 Å². The molecule has 22 heavy (non-hydrogen) atoms. The molecule has 2 N–H and O–H groups in total. The van der Waals surface area contributed by atoms with Crippen LogP contribution in [0.1, 0.15) is 5.56 Å². The zero-order chi connectivity index (χ0) is 15.9. The van der Waals surface area contributed by atoms with Gasteiger partial charge in [-0.3, -0.25) is 14.4 Å². The predicted molar refractivity (Wildman–Crippen MR) is 81.7 cm³/mol. The van der Waals surface area contributed by atoms with Crippen molar-refractivity contribution in [2.24, 2.45) is 0 Å². The van der Waals surface area contributed by atoms with Gasteiger partial charge in [-0.2, -0.15) is 0 Å². The molecule has 1 amide bonds. The summed E-state index contributed by atoms with van der Waals surface area (Å²) in [7, 11) is -2.67. The van der Waals surface area contributed by atoms with Gasteiger partial charge in [0.25, 0.3) is 15.9 Å². The van der Waals surface area contributed by atoms with E-state index in [1.54, 1.807) is 17.5 Å². The Labute approximate surface area is 130 Å². The molecular weight excluding hydrogens is 326 g/mol. The van der Waals surface area contributed by atoms with Crippen molar-refractivity contribution in [2.75, 3.05) is 12.4 Å². The van der Waals surface area contributed by atoms with E-state index in [-0.39, 0.29) is 21.9 Å². The van der Waals surface area contributed by atoms with E-state index in [2.05, 4.69) is 10.3 Å². The fourth-order valence-corrected chi connectivity index (χ4v) is 4.05. The van der Waals surface area contributed by atoms with Gasteiger partial charge in [0, 0.05) is 24.2 Å². The third-order valence-electron chi connectivity index (χ3n) is 3.19. The minimum Gasteiger partial charge on any atom is -0.505 e. The maximum absolute atomic E-state index is 12.5. The first kappa shape index (κ1) is 14.5. The second-order valence-electron chi connectivity index (χ2n) is 4.46.